The largest absolute Gasteiger partial charge is 0.444 e. The third-order valence-corrected chi connectivity index (χ3v) is 3.04. The third kappa shape index (κ3) is 6.30. The third-order valence-electron chi connectivity index (χ3n) is 3.04. The van der Waals surface area contributed by atoms with Gasteiger partial charge in [-0.25, -0.2) is 4.79 Å². The monoisotopic (exact) mass is 361 g/mol. The predicted molar refractivity (Wildman–Crippen MR) is 92.8 cm³/mol. The Morgan fingerprint density at radius 2 is 1.88 bits per heavy atom. The van der Waals surface area contributed by atoms with Crippen LogP contribution in [0.1, 0.15) is 38.4 Å². The fourth-order valence-electron chi connectivity index (χ4n) is 1.89. The second-order valence-electron chi connectivity index (χ2n) is 6.53. The molecule has 0 aliphatic carbocycles. The van der Waals surface area contributed by atoms with E-state index in [0.29, 0.717) is 36.0 Å². The van der Waals surface area contributed by atoms with Gasteiger partial charge in [0.25, 0.3) is 0 Å². The number of aromatic nitrogens is 5. The van der Waals surface area contributed by atoms with Crippen LogP contribution in [0.25, 0.3) is 11.5 Å². The zero-order chi connectivity index (χ0) is 19.2. The highest BCUT2D eigenvalue weighted by atomic mass is 16.6. The van der Waals surface area contributed by atoms with E-state index in [1.54, 1.807) is 39.8 Å². The Morgan fingerprint density at radius 3 is 2.46 bits per heavy atom. The Morgan fingerprint density at radius 1 is 1.19 bits per heavy atom. The SMILES string of the molecule is Cc1nnc(-c2ccc(C(O)NCCNC(=O)OC(C)(C)C)cn2)nn1. The number of aliphatic hydroxyl groups excluding tert-OH is 1. The lowest BCUT2D eigenvalue weighted by Gasteiger charge is -2.20. The molecule has 0 aliphatic rings. The van der Waals surface area contributed by atoms with Gasteiger partial charge in [-0.05, 0) is 33.8 Å². The lowest BCUT2D eigenvalue weighted by atomic mass is 10.2. The van der Waals surface area contributed by atoms with Gasteiger partial charge in [-0.3, -0.25) is 10.3 Å². The maximum Gasteiger partial charge on any atom is 0.407 e. The van der Waals surface area contributed by atoms with Gasteiger partial charge in [0.15, 0.2) is 5.82 Å². The Bertz CT molecular complexity index is 714. The number of hydrogen-bond donors (Lipinski definition) is 3. The summed E-state index contributed by atoms with van der Waals surface area (Å²) in [7, 11) is 0. The molecule has 0 spiro atoms. The molecule has 0 saturated heterocycles. The van der Waals surface area contributed by atoms with Gasteiger partial charge in [0.2, 0.25) is 5.82 Å². The molecule has 2 aromatic rings. The van der Waals surface area contributed by atoms with Crippen LogP contribution < -0.4 is 10.6 Å². The number of carbonyl (C=O) groups excluding carboxylic acids is 1. The zero-order valence-corrected chi connectivity index (χ0v) is 15.2. The summed E-state index contributed by atoms with van der Waals surface area (Å²) >= 11 is 0. The summed E-state index contributed by atoms with van der Waals surface area (Å²) in [5.74, 6) is 0.788. The molecule has 3 N–H and O–H groups in total. The van der Waals surface area contributed by atoms with E-state index < -0.39 is 17.9 Å². The molecular weight excluding hydrogens is 338 g/mol. The first kappa shape index (κ1) is 19.6. The van der Waals surface area contributed by atoms with E-state index in [1.807, 2.05) is 0 Å². The summed E-state index contributed by atoms with van der Waals surface area (Å²) in [6.07, 6.45) is 0.0876. The van der Waals surface area contributed by atoms with Crippen LogP contribution in [0.2, 0.25) is 0 Å². The second kappa shape index (κ2) is 8.59. The molecule has 1 atom stereocenters. The topological polar surface area (TPSA) is 135 Å². The molecule has 2 aromatic heterocycles. The molecule has 0 saturated carbocycles. The van der Waals surface area contributed by atoms with Crippen molar-refractivity contribution in [1.82, 2.24) is 36.0 Å². The minimum Gasteiger partial charge on any atom is -0.444 e. The number of aryl methyl sites for hydroxylation is 1. The highest BCUT2D eigenvalue weighted by Crippen LogP contribution is 2.14. The average Bonchev–Trinajstić information content (AvgIpc) is 2.58. The Balaban J connectivity index is 1.80. The lowest BCUT2D eigenvalue weighted by molar-refractivity contribution is 0.0523. The fourth-order valence-corrected chi connectivity index (χ4v) is 1.89. The summed E-state index contributed by atoms with van der Waals surface area (Å²) in [6, 6.07) is 3.37. The molecule has 0 radical (unpaired) electrons. The van der Waals surface area contributed by atoms with Crippen molar-refractivity contribution in [3.8, 4) is 11.5 Å². The van der Waals surface area contributed by atoms with E-state index in [9.17, 15) is 9.90 Å². The molecule has 26 heavy (non-hydrogen) atoms. The van der Waals surface area contributed by atoms with Crippen LogP contribution in [-0.4, -0.2) is 55.3 Å². The van der Waals surface area contributed by atoms with Crippen molar-refractivity contribution in [2.75, 3.05) is 13.1 Å². The van der Waals surface area contributed by atoms with Crippen LogP contribution >= 0.6 is 0 Å². The van der Waals surface area contributed by atoms with Crippen LogP contribution in [0.3, 0.4) is 0 Å². The normalized spacial score (nSPS) is 12.5. The number of hydrogen-bond acceptors (Lipinski definition) is 9. The minimum absolute atomic E-state index is 0.311. The van der Waals surface area contributed by atoms with Crippen molar-refractivity contribution in [2.24, 2.45) is 0 Å². The standard InChI is InChI=1S/C16H23N7O3/c1-10-20-22-13(23-21-10)12-6-5-11(9-19-12)14(24)17-7-8-18-15(25)26-16(2,3)4/h5-6,9,14,17,24H,7-8H2,1-4H3,(H,18,25). The molecule has 0 aromatic carbocycles. The van der Waals surface area contributed by atoms with Crippen molar-refractivity contribution in [1.29, 1.82) is 0 Å². The average molecular weight is 361 g/mol. The van der Waals surface area contributed by atoms with Gasteiger partial charge in [-0.15, -0.1) is 20.4 Å². The summed E-state index contributed by atoms with van der Waals surface area (Å²) in [5.41, 5.74) is 0.531. The van der Waals surface area contributed by atoms with Crippen LogP contribution in [0.5, 0.6) is 0 Å². The Labute approximate surface area is 151 Å². The van der Waals surface area contributed by atoms with E-state index in [-0.39, 0.29) is 0 Å². The second-order valence-corrected chi connectivity index (χ2v) is 6.53. The van der Waals surface area contributed by atoms with Crippen molar-refractivity contribution in [3.05, 3.63) is 29.7 Å². The fraction of sp³-hybridized carbons (Fsp3) is 0.500. The van der Waals surface area contributed by atoms with E-state index >= 15 is 0 Å². The maximum absolute atomic E-state index is 11.5. The van der Waals surface area contributed by atoms with Gasteiger partial charge in [-0.2, -0.15) is 0 Å². The van der Waals surface area contributed by atoms with Gasteiger partial charge in [0, 0.05) is 24.8 Å². The minimum atomic E-state index is -0.924. The first-order chi connectivity index (χ1) is 12.2. The zero-order valence-electron chi connectivity index (χ0n) is 15.2. The molecule has 2 heterocycles. The van der Waals surface area contributed by atoms with Crippen LogP contribution in [0.15, 0.2) is 18.3 Å². The number of nitrogens with zero attached hydrogens (tertiary/aromatic N) is 5. The van der Waals surface area contributed by atoms with Gasteiger partial charge in [-0.1, -0.05) is 6.07 Å². The van der Waals surface area contributed by atoms with Crippen LogP contribution in [-0.2, 0) is 4.74 Å². The summed E-state index contributed by atoms with van der Waals surface area (Å²) in [5, 5.41) is 31.1. The smallest absolute Gasteiger partial charge is 0.407 e. The van der Waals surface area contributed by atoms with Crippen molar-refractivity contribution in [2.45, 2.75) is 39.5 Å². The number of alkyl carbamates (subject to hydrolysis) is 1. The molecular formula is C16H23N7O3. The molecule has 2 rings (SSSR count). The number of ether oxygens (including phenoxy) is 1. The number of aliphatic hydroxyl groups is 1. The number of amides is 1. The van der Waals surface area contributed by atoms with E-state index in [0.717, 1.165) is 0 Å². The first-order valence-electron chi connectivity index (χ1n) is 8.13. The molecule has 1 unspecified atom stereocenters. The van der Waals surface area contributed by atoms with E-state index in [4.69, 9.17) is 4.74 Å². The van der Waals surface area contributed by atoms with E-state index in [2.05, 4.69) is 36.0 Å². The van der Waals surface area contributed by atoms with Crippen LogP contribution in [0, 0.1) is 6.92 Å². The van der Waals surface area contributed by atoms with Crippen molar-refractivity contribution < 1.29 is 14.6 Å². The summed E-state index contributed by atoms with van der Waals surface area (Å²) in [6.45, 7) is 7.74. The lowest BCUT2D eigenvalue weighted by Crippen LogP contribution is -2.37. The highest BCUT2D eigenvalue weighted by Gasteiger charge is 2.15. The van der Waals surface area contributed by atoms with E-state index in [1.165, 1.54) is 6.20 Å². The van der Waals surface area contributed by atoms with Crippen LogP contribution in [0.4, 0.5) is 4.79 Å². The number of carbonyl (C=O) groups is 1. The first-order valence-corrected chi connectivity index (χ1v) is 8.13. The van der Waals surface area contributed by atoms with Crippen molar-refractivity contribution >= 4 is 6.09 Å². The number of pyridine rings is 1. The molecule has 0 aliphatic heterocycles. The number of rotatable bonds is 6. The predicted octanol–water partition coefficient (Wildman–Crippen LogP) is 0.742. The molecule has 10 heteroatoms. The van der Waals surface area contributed by atoms with Gasteiger partial charge >= 0.3 is 6.09 Å². The number of nitrogens with one attached hydrogen (secondary N) is 2. The maximum atomic E-state index is 11.5. The summed E-state index contributed by atoms with van der Waals surface area (Å²) < 4.78 is 5.12. The molecule has 140 valence electrons. The molecule has 10 nitrogen and oxygen atoms in total. The molecule has 0 bridgehead atoms. The van der Waals surface area contributed by atoms with Crippen molar-refractivity contribution in [3.63, 3.8) is 0 Å². The van der Waals surface area contributed by atoms with Gasteiger partial charge in [0.1, 0.15) is 17.5 Å². The summed E-state index contributed by atoms with van der Waals surface area (Å²) in [4.78, 5) is 15.7. The molecule has 0 fully saturated rings. The van der Waals surface area contributed by atoms with Gasteiger partial charge < -0.3 is 15.2 Å². The van der Waals surface area contributed by atoms with Gasteiger partial charge in [0.05, 0.1) is 0 Å². The molecule has 1 amide bonds. The Hall–Kier alpha value is -2.72. The quantitative estimate of drug-likeness (QED) is 0.503. The Kier molecular flexibility index (Phi) is 6.47. The highest BCUT2D eigenvalue weighted by molar-refractivity contribution is 5.67.